The summed E-state index contributed by atoms with van der Waals surface area (Å²) in [6.07, 6.45) is 0.307. The molecule has 1 aromatic carbocycles. The molecule has 1 aromatic rings. The van der Waals surface area contributed by atoms with Crippen LogP contribution in [0.2, 0.25) is 0 Å². The highest BCUT2D eigenvalue weighted by Crippen LogP contribution is 2.12. The molecule has 0 fully saturated rings. The first kappa shape index (κ1) is 13.3. The maximum Gasteiger partial charge on any atom is 0.310 e. The van der Waals surface area contributed by atoms with E-state index in [0.29, 0.717) is 13.0 Å². The first-order valence-electron chi connectivity index (χ1n) is 5.55. The van der Waals surface area contributed by atoms with E-state index in [0.717, 1.165) is 16.8 Å². The van der Waals surface area contributed by atoms with Crippen molar-refractivity contribution < 1.29 is 9.53 Å². The van der Waals surface area contributed by atoms with Gasteiger partial charge in [0, 0.05) is 19.8 Å². The molecule has 0 aliphatic rings. The Morgan fingerprint density at radius 2 is 1.88 bits per heavy atom. The van der Waals surface area contributed by atoms with Crippen molar-refractivity contribution in [3.63, 3.8) is 0 Å². The first-order chi connectivity index (χ1) is 7.99. The first-order valence-corrected chi connectivity index (χ1v) is 5.55. The van der Waals surface area contributed by atoms with Gasteiger partial charge in [0.25, 0.3) is 0 Å². The molecule has 3 nitrogen and oxygen atoms in total. The third-order valence-electron chi connectivity index (χ3n) is 2.28. The largest absolute Gasteiger partial charge is 0.461 e. The zero-order chi connectivity index (χ0) is 12.8. The predicted octanol–water partition coefficient (Wildman–Crippen LogP) is 2.41. The third kappa shape index (κ3) is 4.72. The summed E-state index contributed by atoms with van der Waals surface area (Å²) in [5.74, 6) is -0.217. The quantitative estimate of drug-likeness (QED) is 0.578. The fraction of sp³-hybridized carbons (Fsp3) is 0.357. The molecule has 0 atom stereocenters. The number of carbonyl (C=O) groups is 1. The van der Waals surface area contributed by atoms with Gasteiger partial charge >= 0.3 is 5.97 Å². The molecular formula is C14H19NO2. The number of benzene rings is 1. The average molecular weight is 233 g/mol. The molecule has 0 heterocycles. The molecule has 0 saturated heterocycles. The number of carbonyl (C=O) groups excluding carboxylic acids is 1. The summed E-state index contributed by atoms with van der Waals surface area (Å²) in [7, 11) is 3.96. The van der Waals surface area contributed by atoms with E-state index in [4.69, 9.17) is 4.74 Å². The van der Waals surface area contributed by atoms with Crippen LogP contribution in [0.5, 0.6) is 0 Å². The molecule has 0 saturated carbocycles. The van der Waals surface area contributed by atoms with Crippen LogP contribution in [-0.2, 0) is 16.0 Å². The third-order valence-corrected chi connectivity index (χ3v) is 2.28. The molecule has 3 heteroatoms. The van der Waals surface area contributed by atoms with Crippen LogP contribution < -0.4 is 4.90 Å². The maximum absolute atomic E-state index is 11.5. The highest BCUT2D eigenvalue weighted by Gasteiger charge is 2.05. The summed E-state index contributed by atoms with van der Waals surface area (Å²) in [4.78, 5) is 13.5. The van der Waals surface area contributed by atoms with Crippen molar-refractivity contribution in [2.24, 2.45) is 0 Å². The SMILES string of the molecule is C=C(C)COC(=O)Cc1ccc(N(C)C)cc1. The molecule has 0 bridgehead atoms. The number of nitrogens with zero attached hydrogens (tertiary/aromatic N) is 1. The van der Waals surface area contributed by atoms with Crippen molar-refractivity contribution in [3.8, 4) is 0 Å². The second-order valence-corrected chi connectivity index (χ2v) is 4.36. The van der Waals surface area contributed by atoms with Crippen LogP contribution in [0.25, 0.3) is 0 Å². The Balaban J connectivity index is 2.51. The van der Waals surface area contributed by atoms with Crippen LogP contribution in [0.3, 0.4) is 0 Å². The van der Waals surface area contributed by atoms with Crippen molar-refractivity contribution in [2.75, 3.05) is 25.6 Å². The minimum atomic E-state index is -0.217. The molecule has 0 aliphatic heterocycles. The monoisotopic (exact) mass is 233 g/mol. The van der Waals surface area contributed by atoms with Gasteiger partial charge in [0.05, 0.1) is 6.42 Å². The van der Waals surface area contributed by atoms with E-state index in [-0.39, 0.29) is 5.97 Å². The Labute approximate surface area is 103 Å². The van der Waals surface area contributed by atoms with Crippen molar-refractivity contribution in [3.05, 3.63) is 42.0 Å². The molecule has 0 N–H and O–H groups in total. The summed E-state index contributed by atoms with van der Waals surface area (Å²) in [6, 6.07) is 7.86. The van der Waals surface area contributed by atoms with Crippen LogP contribution in [0.1, 0.15) is 12.5 Å². The van der Waals surface area contributed by atoms with Gasteiger partial charge in [0.1, 0.15) is 6.61 Å². The van der Waals surface area contributed by atoms with Gasteiger partial charge in [0.15, 0.2) is 0 Å². The molecule has 0 spiro atoms. The van der Waals surface area contributed by atoms with Gasteiger partial charge < -0.3 is 9.64 Å². The molecule has 0 aliphatic carbocycles. The van der Waals surface area contributed by atoms with Crippen molar-refractivity contribution >= 4 is 11.7 Å². The van der Waals surface area contributed by atoms with E-state index in [1.807, 2.05) is 50.2 Å². The molecule has 92 valence electrons. The van der Waals surface area contributed by atoms with E-state index in [1.54, 1.807) is 0 Å². The smallest absolute Gasteiger partial charge is 0.310 e. The fourth-order valence-corrected chi connectivity index (χ4v) is 1.33. The standard InChI is InChI=1S/C14H19NO2/c1-11(2)10-17-14(16)9-12-5-7-13(8-6-12)15(3)4/h5-8H,1,9-10H2,2-4H3. The molecule has 0 aromatic heterocycles. The van der Waals surface area contributed by atoms with Crippen LogP contribution in [-0.4, -0.2) is 26.7 Å². The molecule has 1 rings (SSSR count). The Morgan fingerprint density at radius 1 is 1.29 bits per heavy atom. The van der Waals surface area contributed by atoms with Crippen molar-refractivity contribution in [2.45, 2.75) is 13.3 Å². The fourth-order valence-electron chi connectivity index (χ4n) is 1.33. The second kappa shape index (κ2) is 6.09. The lowest BCUT2D eigenvalue weighted by Crippen LogP contribution is -2.10. The number of esters is 1. The predicted molar refractivity (Wildman–Crippen MR) is 70.2 cm³/mol. The van der Waals surface area contributed by atoms with Crippen LogP contribution in [0.15, 0.2) is 36.4 Å². The Hall–Kier alpha value is -1.77. The van der Waals surface area contributed by atoms with Gasteiger partial charge in [-0.15, -0.1) is 0 Å². The van der Waals surface area contributed by atoms with E-state index >= 15 is 0 Å². The molecule has 0 amide bonds. The minimum Gasteiger partial charge on any atom is -0.461 e. The Kier molecular flexibility index (Phi) is 4.76. The lowest BCUT2D eigenvalue weighted by molar-refractivity contribution is -0.141. The molecule has 0 radical (unpaired) electrons. The van der Waals surface area contributed by atoms with Crippen LogP contribution in [0.4, 0.5) is 5.69 Å². The normalized spacial score (nSPS) is 9.82. The maximum atomic E-state index is 11.5. The number of hydrogen-bond acceptors (Lipinski definition) is 3. The lowest BCUT2D eigenvalue weighted by Gasteiger charge is -2.12. The van der Waals surface area contributed by atoms with E-state index in [1.165, 1.54) is 0 Å². The van der Waals surface area contributed by atoms with Gasteiger partial charge in [-0.05, 0) is 30.2 Å². The van der Waals surface area contributed by atoms with Gasteiger partial charge in [-0.2, -0.15) is 0 Å². The molecular weight excluding hydrogens is 214 g/mol. The number of anilines is 1. The van der Waals surface area contributed by atoms with Gasteiger partial charge in [-0.1, -0.05) is 18.7 Å². The number of hydrogen-bond donors (Lipinski definition) is 0. The topological polar surface area (TPSA) is 29.5 Å². The number of ether oxygens (including phenoxy) is 1. The minimum absolute atomic E-state index is 0.217. The summed E-state index contributed by atoms with van der Waals surface area (Å²) in [6.45, 7) is 5.82. The van der Waals surface area contributed by atoms with Crippen molar-refractivity contribution in [1.82, 2.24) is 0 Å². The van der Waals surface area contributed by atoms with Crippen LogP contribution >= 0.6 is 0 Å². The second-order valence-electron chi connectivity index (χ2n) is 4.36. The summed E-state index contributed by atoms with van der Waals surface area (Å²) in [5.41, 5.74) is 2.92. The van der Waals surface area contributed by atoms with E-state index in [2.05, 4.69) is 6.58 Å². The van der Waals surface area contributed by atoms with E-state index in [9.17, 15) is 4.79 Å². The summed E-state index contributed by atoms with van der Waals surface area (Å²) >= 11 is 0. The van der Waals surface area contributed by atoms with Crippen molar-refractivity contribution in [1.29, 1.82) is 0 Å². The van der Waals surface area contributed by atoms with Crippen LogP contribution in [0, 0.1) is 0 Å². The molecule has 17 heavy (non-hydrogen) atoms. The Morgan fingerprint density at radius 3 is 2.35 bits per heavy atom. The Bertz CT molecular complexity index is 393. The zero-order valence-electron chi connectivity index (χ0n) is 10.7. The molecule has 0 unspecified atom stereocenters. The zero-order valence-corrected chi connectivity index (χ0v) is 10.7. The highest BCUT2D eigenvalue weighted by atomic mass is 16.5. The lowest BCUT2D eigenvalue weighted by atomic mass is 10.1. The average Bonchev–Trinajstić information content (AvgIpc) is 2.27. The summed E-state index contributed by atoms with van der Waals surface area (Å²) < 4.78 is 5.04. The summed E-state index contributed by atoms with van der Waals surface area (Å²) in [5, 5.41) is 0. The van der Waals surface area contributed by atoms with Gasteiger partial charge in [-0.25, -0.2) is 0 Å². The van der Waals surface area contributed by atoms with Gasteiger partial charge in [0.2, 0.25) is 0 Å². The van der Waals surface area contributed by atoms with E-state index < -0.39 is 0 Å². The number of rotatable bonds is 5. The highest BCUT2D eigenvalue weighted by molar-refractivity contribution is 5.73. The van der Waals surface area contributed by atoms with Gasteiger partial charge in [-0.3, -0.25) is 4.79 Å².